The van der Waals surface area contributed by atoms with Crippen LogP contribution in [0.4, 0.5) is 0 Å². The molecule has 0 amide bonds. The molecule has 1 aromatic heterocycles. The zero-order chi connectivity index (χ0) is 12.0. The minimum Gasteiger partial charge on any atom is -0.308 e. The highest BCUT2D eigenvalue weighted by Crippen LogP contribution is 2.06. The normalized spacial score (nSPS) is 13.6. The SMILES string of the molecule is CC(C)CC(CN(C)C)NCc1csnn1. The molecule has 0 bridgehead atoms. The molecule has 0 fully saturated rings. The van der Waals surface area contributed by atoms with Gasteiger partial charge >= 0.3 is 0 Å². The maximum Gasteiger partial charge on any atom is 0.0893 e. The van der Waals surface area contributed by atoms with E-state index in [-0.39, 0.29) is 0 Å². The number of aromatic nitrogens is 2. The summed E-state index contributed by atoms with van der Waals surface area (Å²) in [6.07, 6.45) is 1.19. The average molecular weight is 242 g/mol. The van der Waals surface area contributed by atoms with Crippen molar-refractivity contribution in [3.8, 4) is 0 Å². The van der Waals surface area contributed by atoms with Crippen molar-refractivity contribution in [3.05, 3.63) is 11.1 Å². The van der Waals surface area contributed by atoms with Crippen LogP contribution < -0.4 is 5.32 Å². The van der Waals surface area contributed by atoms with E-state index in [0.29, 0.717) is 12.0 Å². The zero-order valence-electron chi connectivity index (χ0n) is 10.6. The van der Waals surface area contributed by atoms with Gasteiger partial charge in [0, 0.05) is 24.5 Å². The predicted molar refractivity (Wildman–Crippen MR) is 68.5 cm³/mol. The number of hydrogen-bond acceptors (Lipinski definition) is 5. The van der Waals surface area contributed by atoms with Crippen molar-refractivity contribution in [2.75, 3.05) is 20.6 Å². The van der Waals surface area contributed by atoms with Gasteiger partial charge in [0.05, 0.1) is 5.69 Å². The number of nitrogens with one attached hydrogen (secondary N) is 1. The molecule has 0 aliphatic carbocycles. The van der Waals surface area contributed by atoms with Crippen molar-refractivity contribution < 1.29 is 0 Å². The maximum atomic E-state index is 4.04. The molecule has 0 aliphatic heterocycles. The Morgan fingerprint density at radius 1 is 1.44 bits per heavy atom. The molecular formula is C11H22N4S. The van der Waals surface area contributed by atoms with E-state index >= 15 is 0 Å². The van der Waals surface area contributed by atoms with Crippen LogP contribution in [0.2, 0.25) is 0 Å². The Bertz CT molecular complexity index is 262. The Hall–Kier alpha value is -0.520. The molecule has 16 heavy (non-hydrogen) atoms. The fourth-order valence-electron chi connectivity index (χ4n) is 1.74. The van der Waals surface area contributed by atoms with E-state index in [9.17, 15) is 0 Å². The first-order valence-electron chi connectivity index (χ1n) is 5.72. The van der Waals surface area contributed by atoms with Crippen LogP contribution in [0, 0.1) is 5.92 Å². The van der Waals surface area contributed by atoms with Crippen LogP contribution in [0.25, 0.3) is 0 Å². The molecule has 0 saturated carbocycles. The quantitative estimate of drug-likeness (QED) is 0.788. The molecule has 0 saturated heterocycles. The standard InChI is InChI=1S/C11H22N4S/c1-9(2)5-10(7-15(3)4)12-6-11-8-16-14-13-11/h8-10,12H,5-7H2,1-4H3. The molecule has 1 unspecified atom stereocenters. The van der Waals surface area contributed by atoms with Gasteiger partial charge in [-0.25, -0.2) is 0 Å². The van der Waals surface area contributed by atoms with E-state index in [1.807, 2.05) is 5.38 Å². The summed E-state index contributed by atoms with van der Waals surface area (Å²) in [6.45, 7) is 6.40. The first-order valence-corrected chi connectivity index (χ1v) is 6.55. The average Bonchev–Trinajstić information content (AvgIpc) is 2.64. The molecule has 1 aromatic rings. The topological polar surface area (TPSA) is 41.0 Å². The van der Waals surface area contributed by atoms with Crippen molar-refractivity contribution in [2.45, 2.75) is 32.9 Å². The molecule has 0 spiro atoms. The van der Waals surface area contributed by atoms with Gasteiger partial charge in [0.15, 0.2) is 0 Å². The third-order valence-corrected chi connectivity index (χ3v) is 2.87. The third-order valence-electron chi connectivity index (χ3n) is 2.32. The van der Waals surface area contributed by atoms with Crippen LogP contribution in [0.1, 0.15) is 26.0 Å². The highest BCUT2D eigenvalue weighted by atomic mass is 32.1. The largest absolute Gasteiger partial charge is 0.308 e. The molecule has 1 heterocycles. The van der Waals surface area contributed by atoms with E-state index in [1.54, 1.807) is 0 Å². The molecule has 4 nitrogen and oxygen atoms in total. The molecule has 92 valence electrons. The van der Waals surface area contributed by atoms with Crippen molar-refractivity contribution >= 4 is 11.5 Å². The number of hydrogen-bond donors (Lipinski definition) is 1. The predicted octanol–water partition coefficient (Wildman–Crippen LogP) is 1.60. The second-order valence-corrected chi connectivity index (χ2v) is 5.48. The maximum absolute atomic E-state index is 4.04. The molecule has 5 heteroatoms. The van der Waals surface area contributed by atoms with Crippen LogP contribution in [0.3, 0.4) is 0 Å². The van der Waals surface area contributed by atoms with Gasteiger partial charge in [-0.3, -0.25) is 0 Å². The fraction of sp³-hybridized carbons (Fsp3) is 0.818. The molecule has 0 radical (unpaired) electrons. The van der Waals surface area contributed by atoms with Gasteiger partial charge in [0.2, 0.25) is 0 Å². The summed E-state index contributed by atoms with van der Waals surface area (Å²) in [4.78, 5) is 2.22. The van der Waals surface area contributed by atoms with Crippen molar-refractivity contribution in [2.24, 2.45) is 5.92 Å². The number of rotatable bonds is 7. The lowest BCUT2D eigenvalue weighted by Crippen LogP contribution is -2.38. The molecule has 0 aliphatic rings. The third kappa shape index (κ3) is 5.53. The Morgan fingerprint density at radius 3 is 2.69 bits per heavy atom. The Kier molecular flexibility index (Phi) is 5.87. The van der Waals surface area contributed by atoms with Gasteiger partial charge < -0.3 is 10.2 Å². The Labute approximate surface area is 102 Å². The summed E-state index contributed by atoms with van der Waals surface area (Å²) in [6, 6.07) is 0.525. The van der Waals surface area contributed by atoms with Gasteiger partial charge in [0.1, 0.15) is 0 Å². The van der Waals surface area contributed by atoms with Gasteiger partial charge in [-0.05, 0) is 38.0 Å². The molecule has 1 N–H and O–H groups in total. The monoisotopic (exact) mass is 242 g/mol. The van der Waals surface area contributed by atoms with Gasteiger partial charge in [-0.15, -0.1) is 5.10 Å². The second kappa shape index (κ2) is 6.93. The van der Waals surface area contributed by atoms with Crippen LogP contribution >= 0.6 is 11.5 Å². The summed E-state index contributed by atoms with van der Waals surface area (Å²) in [7, 11) is 4.22. The summed E-state index contributed by atoms with van der Waals surface area (Å²) < 4.78 is 3.86. The van der Waals surface area contributed by atoms with E-state index in [0.717, 1.165) is 18.8 Å². The summed E-state index contributed by atoms with van der Waals surface area (Å²) in [5, 5.41) is 9.58. The second-order valence-electron chi connectivity index (χ2n) is 4.87. The molecule has 1 atom stereocenters. The summed E-state index contributed by atoms with van der Waals surface area (Å²) >= 11 is 1.41. The van der Waals surface area contributed by atoms with E-state index in [2.05, 4.69) is 47.7 Å². The lowest BCUT2D eigenvalue weighted by molar-refractivity contribution is 0.304. The lowest BCUT2D eigenvalue weighted by Gasteiger charge is -2.23. The smallest absolute Gasteiger partial charge is 0.0893 e. The van der Waals surface area contributed by atoms with Gasteiger partial charge in [0.25, 0.3) is 0 Å². The Morgan fingerprint density at radius 2 is 2.19 bits per heavy atom. The minimum absolute atomic E-state index is 0.525. The van der Waals surface area contributed by atoms with Crippen LogP contribution in [0.5, 0.6) is 0 Å². The highest BCUT2D eigenvalue weighted by molar-refractivity contribution is 7.03. The first kappa shape index (κ1) is 13.5. The fourth-order valence-corrected chi connectivity index (χ4v) is 2.19. The highest BCUT2D eigenvalue weighted by Gasteiger charge is 2.11. The minimum atomic E-state index is 0.525. The molecular weight excluding hydrogens is 220 g/mol. The van der Waals surface area contributed by atoms with Gasteiger partial charge in [-0.1, -0.05) is 18.3 Å². The van der Waals surface area contributed by atoms with Crippen molar-refractivity contribution in [1.82, 2.24) is 19.8 Å². The van der Waals surface area contributed by atoms with E-state index < -0.39 is 0 Å². The van der Waals surface area contributed by atoms with E-state index in [4.69, 9.17) is 0 Å². The van der Waals surface area contributed by atoms with Crippen LogP contribution in [-0.4, -0.2) is 41.2 Å². The lowest BCUT2D eigenvalue weighted by atomic mass is 10.0. The molecule has 1 rings (SSSR count). The zero-order valence-corrected chi connectivity index (χ0v) is 11.4. The number of likely N-dealkylation sites (N-methyl/N-ethyl adjacent to an activating group) is 1. The van der Waals surface area contributed by atoms with E-state index in [1.165, 1.54) is 18.0 Å². The summed E-state index contributed by atoms with van der Waals surface area (Å²) in [5.41, 5.74) is 1.04. The van der Waals surface area contributed by atoms with Gasteiger partial charge in [-0.2, -0.15) is 0 Å². The Balaban J connectivity index is 2.37. The van der Waals surface area contributed by atoms with Crippen molar-refractivity contribution in [1.29, 1.82) is 0 Å². The first-order chi connectivity index (χ1) is 7.58. The van der Waals surface area contributed by atoms with Crippen LogP contribution in [-0.2, 0) is 6.54 Å². The summed E-state index contributed by atoms with van der Waals surface area (Å²) in [5.74, 6) is 0.714. The van der Waals surface area contributed by atoms with Crippen molar-refractivity contribution in [3.63, 3.8) is 0 Å². The van der Waals surface area contributed by atoms with Crippen LogP contribution in [0.15, 0.2) is 5.38 Å². The number of nitrogens with zero attached hydrogens (tertiary/aromatic N) is 3. The molecule has 0 aromatic carbocycles.